The Balaban J connectivity index is 1.76. The normalized spacial score (nSPS) is 28.2. The lowest BCUT2D eigenvalue weighted by atomic mass is 9.79. The molecule has 2 aliphatic rings. The molecule has 0 amide bonds. The molecule has 0 unspecified atom stereocenters. The van der Waals surface area contributed by atoms with Gasteiger partial charge >= 0.3 is 0 Å². The molecular weight excluding hydrogens is 278 g/mol. The van der Waals surface area contributed by atoms with Crippen LogP contribution in [-0.4, -0.2) is 16.5 Å². The fourth-order valence-electron chi connectivity index (χ4n) is 3.04. The molecule has 1 spiro atoms. The summed E-state index contributed by atoms with van der Waals surface area (Å²) in [5.41, 5.74) is 3.00. The molecule has 1 heterocycles. The van der Waals surface area contributed by atoms with Crippen LogP contribution in [0.2, 0.25) is 0 Å². The Kier molecular flexibility index (Phi) is 3.95. The van der Waals surface area contributed by atoms with E-state index in [-0.39, 0.29) is 5.54 Å². The Morgan fingerprint density at radius 2 is 2.14 bits per heavy atom. The van der Waals surface area contributed by atoms with E-state index in [9.17, 15) is 0 Å². The standard InChI is InChI=1S/C17H21N3S/c1-12-5-7-17(8-6-12)11-21-16(20-17)19-15-9-14(10-18)4-3-13(15)2/h3-4,9,12H,5-8,11H2,1-2H3,(H,19,20). The van der Waals surface area contributed by atoms with Gasteiger partial charge in [0.15, 0.2) is 5.17 Å². The highest BCUT2D eigenvalue weighted by atomic mass is 32.2. The van der Waals surface area contributed by atoms with Gasteiger partial charge in [-0.05, 0) is 56.2 Å². The number of thioether (sulfide) groups is 1. The Labute approximate surface area is 130 Å². The highest BCUT2D eigenvalue weighted by molar-refractivity contribution is 8.14. The molecule has 0 saturated heterocycles. The van der Waals surface area contributed by atoms with Crippen molar-refractivity contribution in [1.29, 1.82) is 5.26 Å². The van der Waals surface area contributed by atoms with Crippen molar-refractivity contribution in [2.75, 3.05) is 11.1 Å². The molecule has 1 aliphatic heterocycles. The second kappa shape index (κ2) is 5.73. The number of nitrogens with one attached hydrogen (secondary N) is 1. The van der Waals surface area contributed by atoms with Crippen LogP contribution in [0.15, 0.2) is 23.2 Å². The summed E-state index contributed by atoms with van der Waals surface area (Å²) in [7, 11) is 0. The van der Waals surface area contributed by atoms with Crippen LogP contribution in [0.1, 0.15) is 43.7 Å². The first-order chi connectivity index (χ1) is 10.1. The van der Waals surface area contributed by atoms with Crippen LogP contribution >= 0.6 is 11.8 Å². The first kappa shape index (κ1) is 14.5. The van der Waals surface area contributed by atoms with E-state index in [0.717, 1.165) is 28.1 Å². The maximum atomic E-state index is 9.02. The third-order valence-electron chi connectivity index (χ3n) is 4.63. The van der Waals surface area contributed by atoms with Crippen LogP contribution in [0.4, 0.5) is 5.69 Å². The van der Waals surface area contributed by atoms with Crippen molar-refractivity contribution in [3.05, 3.63) is 29.3 Å². The van der Waals surface area contributed by atoms with Gasteiger partial charge in [-0.15, -0.1) is 0 Å². The van der Waals surface area contributed by atoms with Gasteiger partial charge in [-0.25, -0.2) is 0 Å². The summed E-state index contributed by atoms with van der Waals surface area (Å²) in [6.07, 6.45) is 5.01. The highest BCUT2D eigenvalue weighted by Crippen LogP contribution is 2.41. The van der Waals surface area contributed by atoms with Crippen LogP contribution in [0.25, 0.3) is 0 Å². The number of anilines is 1. The van der Waals surface area contributed by atoms with Crippen molar-refractivity contribution in [3.63, 3.8) is 0 Å². The van der Waals surface area contributed by atoms with E-state index in [4.69, 9.17) is 10.3 Å². The third-order valence-corrected chi connectivity index (χ3v) is 5.78. The summed E-state index contributed by atoms with van der Waals surface area (Å²) >= 11 is 1.82. The second-order valence-electron chi connectivity index (χ2n) is 6.38. The monoisotopic (exact) mass is 299 g/mol. The van der Waals surface area contributed by atoms with Gasteiger partial charge in [0.25, 0.3) is 0 Å². The lowest BCUT2D eigenvalue weighted by Crippen LogP contribution is -2.32. The summed E-state index contributed by atoms with van der Waals surface area (Å²) < 4.78 is 0. The van der Waals surface area contributed by atoms with Gasteiger partial charge in [-0.1, -0.05) is 24.8 Å². The number of aryl methyl sites for hydroxylation is 1. The van der Waals surface area contributed by atoms with Crippen LogP contribution < -0.4 is 5.32 Å². The van der Waals surface area contributed by atoms with Gasteiger partial charge in [0.2, 0.25) is 0 Å². The molecule has 110 valence electrons. The Morgan fingerprint density at radius 1 is 1.38 bits per heavy atom. The highest BCUT2D eigenvalue weighted by Gasteiger charge is 2.38. The summed E-state index contributed by atoms with van der Waals surface area (Å²) in [6.45, 7) is 4.40. The van der Waals surface area contributed by atoms with Crippen molar-refractivity contribution >= 4 is 22.6 Å². The van der Waals surface area contributed by atoms with Crippen LogP contribution in [-0.2, 0) is 0 Å². The first-order valence-corrected chi connectivity index (χ1v) is 8.59. The van der Waals surface area contributed by atoms with Crippen molar-refractivity contribution in [2.45, 2.75) is 45.1 Å². The van der Waals surface area contributed by atoms with E-state index in [1.54, 1.807) is 0 Å². The van der Waals surface area contributed by atoms with Gasteiger partial charge in [0, 0.05) is 11.4 Å². The van der Waals surface area contributed by atoms with E-state index < -0.39 is 0 Å². The Morgan fingerprint density at radius 3 is 2.86 bits per heavy atom. The minimum Gasteiger partial charge on any atom is -0.335 e. The smallest absolute Gasteiger partial charge is 0.161 e. The van der Waals surface area contributed by atoms with Crippen molar-refractivity contribution < 1.29 is 0 Å². The molecule has 1 aliphatic carbocycles. The van der Waals surface area contributed by atoms with Gasteiger partial charge < -0.3 is 5.32 Å². The van der Waals surface area contributed by atoms with E-state index in [2.05, 4.69) is 25.2 Å². The lowest BCUT2D eigenvalue weighted by molar-refractivity contribution is 0.273. The van der Waals surface area contributed by atoms with Crippen molar-refractivity contribution in [3.8, 4) is 6.07 Å². The van der Waals surface area contributed by atoms with Crippen LogP contribution in [0.3, 0.4) is 0 Å². The van der Waals surface area contributed by atoms with Gasteiger partial charge in [0.1, 0.15) is 0 Å². The summed E-state index contributed by atoms with van der Waals surface area (Å²) in [4.78, 5) is 4.99. The quantitative estimate of drug-likeness (QED) is 0.839. The van der Waals surface area contributed by atoms with Gasteiger partial charge in [-0.3, -0.25) is 4.99 Å². The minimum absolute atomic E-state index is 0.167. The largest absolute Gasteiger partial charge is 0.335 e. The molecule has 1 fully saturated rings. The number of nitriles is 1. The summed E-state index contributed by atoms with van der Waals surface area (Å²) in [5, 5.41) is 13.5. The predicted octanol–water partition coefficient (Wildman–Crippen LogP) is 4.33. The zero-order valence-electron chi connectivity index (χ0n) is 12.6. The molecule has 4 heteroatoms. The molecule has 3 nitrogen and oxygen atoms in total. The fourth-order valence-corrected chi connectivity index (χ4v) is 4.24. The third kappa shape index (κ3) is 3.08. The molecule has 3 rings (SSSR count). The van der Waals surface area contributed by atoms with Crippen molar-refractivity contribution in [2.24, 2.45) is 10.9 Å². The van der Waals surface area contributed by atoms with Crippen molar-refractivity contribution in [1.82, 2.24) is 0 Å². The average Bonchev–Trinajstić information content (AvgIpc) is 2.88. The zero-order valence-corrected chi connectivity index (χ0v) is 13.5. The maximum Gasteiger partial charge on any atom is 0.161 e. The number of hydrogen-bond acceptors (Lipinski definition) is 4. The molecule has 1 aromatic rings. The van der Waals surface area contributed by atoms with E-state index >= 15 is 0 Å². The van der Waals surface area contributed by atoms with Gasteiger partial charge in [-0.2, -0.15) is 5.26 Å². The maximum absolute atomic E-state index is 9.02. The number of benzene rings is 1. The molecule has 21 heavy (non-hydrogen) atoms. The zero-order chi connectivity index (χ0) is 14.9. The SMILES string of the molecule is Cc1ccc(C#N)cc1NC1=NC2(CCC(C)CC2)CS1. The molecule has 1 aromatic carbocycles. The fraction of sp³-hybridized carbons (Fsp3) is 0.529. The van der Waals surface area contributed by atoms with Crippen LogP contribution in [0, 0.1) is 24.2 Å². The molecule has 1 N–H and O–H groups in total. The number of hydrogen-bond donors (Lipinski definition) is 1. The topological polar surface area (TPSA) is 48.2 Å². The summed E-state index contributed by atoms with van der Waals surface area (Å²) in [6, 6.07) is 7.94. The molecule has 0 aromatic heterocycles. The number of aliphatic imine (C=N–C) groups is 1. The predicted molar refractivity (Wildman–Crippen MR) is 89.8 cm³/mol. The minimum atomic E-state index is 0.167. The Hall–Kier alpha value is -1.47. The number of nitrogens with zero attached hydrogens (tertiary/aromatic N) is 2. The van der Waals surface area contributed by atoms with Gasteiger partial charge in [0.05, 0.1) is 17.2 Å². The van der Waals surface area contributed by atoms with E-state index in [1.165, 1.54) is 25.7 Å². The molecule has 0 atom stereocenters. The first-order valence-electron chi connectivity index (χ1n) is 7.61. The van der Waals surface area contributed by atoms with Crippen LogP contribution in [0.5, 0.6) is 0 Å². The lowest BCUT2D eigenvalue weighted by Gasteiger charge is -2.32. The molecule has 0 bridgehead atoms. The number of amidine groups is 1. The van der Waals surface area contributed by atoms with E-state index in [0.29, 0.717) is 5.56 Å². The molecule has 1 saturated carbocycles. The number of rotatable bonds is 1. The average molecular weight is 299 g/mol. The molecular formula is C17H21N3S. The van der Waals surface area contributed by atoms with E-state index in [1.807, 2.05) is 30.0 Å². The molecule has 0 radical (unpaired) electrons. The second-order valence-corrected chi connectivity index (χ2v) is 7.34. The summed E-state index contributed by atoms with van der Waals surface area (Å²) in [5.74, 6) is 1.95. The Bertz CT molecular complexity index is 607.